The summed E-state index contributed by atoms with van der Waals surface area (Å²) in [6.07, 6.45) is 0. The predicted octanol–water partition coefficient (Wildman–Crippen LogP) is -0.703. The van der Waals surface area contributed by atoms with Crippen LogP contribution in [0.4, 0.5) is 0 Å². The summed E-state index contributed by atoms with van der Waals surface area (Å²) in [4.78, 5) is 18.6. The number of aliphatic carboxylic acids is 1. The molecule has 0 fully saturated rings. The van der Waals surface area contributed by atoms with Gasteiger partial charge in [0.05, 0.1) is 0 Å². The van der Waals surface area contributed by atoms with Gasteiger partial charge in [-0.1, -0.05) is 0 Å². The number of hydrogen-bond acceptors (Lipinski definition) is 3. The van der Waals surface area contributed by atoms with E-state index in [0.29, 0.717) is 5.39 Å². The zero-order valence-corrected chi connectivity index (χ0v) is 6.24. The molecule has 9 heavy (non-hydrogen) atoms. The Hall–Kier alpha value is -0.366. The molecule has 0 aliphatic rings. The zero-order chi connectivity index (χ0) is 7.86. The van der Waals surface area contributed by atoms with Crippen LogP contribution in [0.25, 0.3) is 0 Å². The van der Waals surface area contributed by atoms with Gasteiger partial charge in [0.15, 0.2) is 0 Å². The van der Waals surface area contributed by atoms with Crippen molar-refractivity contribution in [2.75, 3.05) is 0 Å². The molecule has 0 unspecified atom stereocenters. The quantitative estimate of drug-likeness (QED) is 0.494. The van der Waals surface area contributed by atoms with Crippen LogP contribution in [-0.4, -0.2) is 11.8 Å². The van der Waals surface area contributed by atoms with Gasteiger partial charge in [-0.05, 0) is 6.92 Å². The van der Waals surface area contributed by atoms with Crippen molar-refractivity contribution in [1.82, 2.24) is 0 Å². The van der Waals surface area contributed by atoms with Crippen molar-refractivity contribution in [2.24, 2.45) is 0 Å². The fraction of sp³-hybridized carbons (Fsp3) is 0.600. The van der Waals surface area contributed by atoms with Crippen LogP contribution in [0.3, 0.4) is 0 Å². The first-order chi connectivity index (χ1) is 4.00. The van der Waals surface area contributed by atoms with Crippen molar-refractivity contribution >= 4 is 11.8 Å². The molecule has 0 spiro atoms. The molecule has 0 bridgehead atoms. The second kappa shape index (κ2) is 7.63. The van der Waals surface area contributed by atoms with E-state index < -0.39 is 5.97 Å². The standard InChI is InChI=1S/C3H5O.C2H4O2.Ni/c1-3(2)4;1-2(3)4;/h1H2,2H3;1H3,(H,3,4);/q;;+1/p-1. The normalized spacial score (nSPS) is 7.11. The van der Waals surface area contributed by atoms with Gasteiger partial charge in [0.2, 0.25) is 0 Å². The number of carboxylic acid groups (broad SMARTS) is 1. The number of carboxylic acids is 1. The van der Waals surface area contributed by atoms with Crippen molar-refractivity contribution in [2.45, 2.75) is 19.2 Å². The molecule has 0 aromatic carbocycles. The molecule has 0 aromatic rings. The van der Waals surface area contributed by atoms with Gasteiger partial charge in [-0.2, -0.15) is 0 Å². The molecular weight excluding hydrogens is 167 g/mol. The van der Waals surface area contributed by atoms with Gasteiger partial charge in [0, 0.05) is 5.97 Å². The van der Waals surface area contributed by atoms with Gasteiger partial charge >= 0.3 is 38.4 Å². The summed E-state index contributed by atoms with van der Waals surface area (Å²) >= 11 is 4.08. The molecule has 0 saturated heterocycles. The summed E-state index contributed by atoms with van der Waals surface area (Å²) in [5.74, 6) is -0.995. The molecule has 4 heteroatoms. The van der Waals surface area contributed by atoms with E-state index in [9.17, 15) is 4.79 Å². The van der Waals surface area contributed by atoms with Crippen LogP contribution in [-0.2, 0) is 25.1 Å². The van der Waals surface area contributed by atoms with Gasteiger partial charge in [-0.25, -0.2) is 0 Å². The van der Waals surface area contributed by atoms with Crippen molar-refractivity contribution in [1.29, 1.82) is 0 Å². The second-order valence-corrected chi connectivity index (χ2v) is 1.65. The maximum Gasteiger partial charge on any atom is 0.0383 e. The Morgan fingerprint density at radius 1 is 1.44 bits per heavy atom. The number of Topliss-reactive ketones (excluding diaryl/α,β-unsaturated/α-hetero) is 1. The molecule has 3 nitrogen and oxygen atoms in total. The third-order valence-electron chi connectivity index (χ3n) is 0.157. The zero-order valence-electron chi connectivity index (χ0n) is 5.25. The van der Waals surface area contributed by atoms with Crippen LogP contribution in [0.5, 0.6) is 0 Å². The van der Waals surface area contributed by atoms with Crippen molar-refractivity contribution < 1.29 is 30.2 Å². The molecule has 0 saturated carbocycles. The second-order valence-electron chi connectivity index (χ2n) is 1.31. The number of carbonyl (C=O) groups excluding carboxylic acids is 2. The van der Waals surface area contributed by atoms with Gasteiger partial charge in [0.1, 0.15) is 0 Å². The molecule has 0 aliphatic carbocycles. The number of carbonyl (C=O) groups is 2. The molecule has 56 valence electrons. The van der Waals surface area contributed by atoms with E-state index in [0.717, 1.165) is 6.92 Å². The first-order valence-corrected chi connectivity index (χ1v) is 2.89. The van der Waals surface area contributed by atoms with Crippen LogP contribution in [0.1, 0.15) is 13.8 Å². The fourth-order valence-corrected chi connectivity index (χ4v) is 0. The average molecular weight is 175 g/mol. The summed E-state index contributed by atoms with van der Waals surface area (Å²) in [6, 6.07) is 0. The fourth-order valence-electron chi connectivity index (χ4n) is 0. The van der Waals surface area contributed by atoms with Gasteiger partial charge in [0.25, 0.3) is 0 Å². The van der Waals surface area contributed by atoms with E-state index in [1.54, 1.807) is 0 Å². The smallest absolute Gasteiger partial charge is 0.0383 e. The molecule has 0 radical (unpaired) electrons. The first kappa shape index (κ1) is 11.4. The number of rotatable bonds is 1. The van der Waals surface area contributed by atoms with Gasteiger partial charge in [-0.15, -0.1) is 0 Å². The van der Waals surface area contributed by atoms with Crippen LogP contribution < -0.4 is 5.11 Å². The van der Waals surface area contributed by atoms with E-state index in [2.05, 4.69) is 15.5 Å². The van der Waals surface area contributed by atoms with Crippen molar-refractivity contribution in [3.63, 3.8) is 0 Å². The minimum absolute atomic E-state index is 0.0880. The third-order valence-corrected chi connectivity index (χ3v) is 0.649. The topological polar surface area (TPSA) is 57.2 Å². The van der Waals surface area contributed by atoms with Crippen molar-refractivity contribution in [3.8, 4) is 0 Å². The van der Waals surface area contributed by atoms with Crippen LogP contribution in [0.2, 0.25) is 5.39 Å². The van der Waals surface area contributed by atoms with E-state index in [-0.39, 0.29) is 5.78 Å². The van der Waals surface area contributed by atoms with Crippen LogP contribution >= 0.6 is 0 Å². The molecule has 0 atom stereocenters. The largest absolute Gasteiger partial charge is 0.550 e. The Bertz CT molecular complexity index is 96.4. The Morgan fingerprint density at radius 3 is 1.56 bits per heavy atom. The maximum atomic E-state index is 9.72. The molecule has 0 rings (SSSR count). The Morgan fingerprint density at radius 2 is 1.56 bits per heavy atom. The molecule has 0 aliphatic heterocycles. The van der Waals surface area contributed by atoms with E-state index in [1.165, 1.54) is 6.92 Å². The summed E-state index contributed by atoms with van der Waals surface area (Å²) in [7, 11) is 0. The average Bonchev–Trinajstić information content (AvgIpc) is 1.65. The molecular formula is C5H8NiO3. The summed E-state index contributed by atoms with van der Waals surface area (Å²) < 4.78 is 0. The summed E-state index contributed by atoms with van der Waals surface area (Å²) in [5.41, 5.74) is 0. The van der Waals surface area contributed by atoms with E-state index >= 15 is 0 Å². The Balaban J connectivity index is 0. The van der Waals surface area contributed by atoms with Crippen LogP contribution in [0, 0.1) is 0 Å². The van der Waals surface area contributed by atoms with Crippen molar-refractivity contribution in [3.05, 3.63) is 0 Å². The Kier molecular flexibility index (Phi) is 9.70. The Labute approximate surface area is 61.8 Å². The molecule has 0 heterocycles. The first-order valence-electron chi connectivity index (χ1n) is 2.19. The molecule has 0 amide bonds. The minimum atomic E-state index is -1.08. The van der Waals surface area contributed by atoms with Crippen LogP contribution in [0.15, 0.2) is 0 Å². The summed E-state index contributed by atoms with van der Waals surface area (Å²) in [6.45, 7) is 2.46. The predicted molar refractivity (Wildman–Crippen MR) is 26.2 cm³/mol. The third kappa shape index (κ3) is 90.8. The number of hydrogen-bond donors (Lipinski definition) is 0. The molecule has 0 N–H and O–H groups in total. The van der Waals surface area contributed by atoms with Gasteiger partial charge in [-0.3, -0.25) is 0 Å². The minimum Gasteiger partial charge on any atom is -0.550 e. The van der Waals surface area contributed by atoms with E-state index in [4.69, 9.17) is 9.90 Å². The van der Waals surface area contributed by atoms with Gasteiger partial charge < -0.3 is 9.90 Å². The van der Waals surface area contributed by atoms with E-state index in [1.807, 2.05) is 0 Å². The molecule has 0 aromatic heterocycles. The monoisotopic (exact) mass is 174 g/mol. The summed E-state index contributed by atoms with van der Waals surface area (Å²) in [5, 5.41) is 9.18. The maximum absolute atomic E-state index is 9.72. The number of ketones is 1. The SMILES string of the molecule is CC(=O)[CH2][Ni+].CC(=O)[O-].